The van der Waals surface area contributed by atoms with Crippen molar-refractivity contribution in [2.45, 2.75) is 13.1 Å². The van der Waals surface area contributed by atoms with Gasteiger partial charge in [-0.1, -0.05) is 22.0 Å². The van der Waals surface area contributed by atoms with Gasteiger partial charge in [-0.25, -0.2) is 4.98 Å². The lowest BCUT2D eigenvalue weighted by Gasteiger charge is -2.27. The van der Waals surface area contributed by atoms with Gasteiger partial charge in [-0.3, -0.25) is 4.79 Å². The summed E-state index contributed by atoms with van der Waals surface area (Å²) in [6.07, 6.45) is 3.73. The van der Waals surface area contributed by atoms with Gasteiger partial charge in [-0.05, 0) is 18.2 Å². The summed E-state index contributed by atoms with van der Waals surface area (Å²) in [7, 11) is 0. The second kappa shape index (κ2) is 4.57. The summed E-state index contributed by atoms with van der Waals surface area (Å²) < 4.78 is 3.01. The first-order chi connectivity index (χ1) is 8.74. The van der Waals surface area contributed by atoms with Gasteiger partial charge in [0.15, 0.2) is 0 Å². The van der Waals surface area contributed by atoms with Crippen LogP contribution in [0.5, 0.6) is 0 Å². The number of nitrogens with zero attached hydrogens (tertiary/aromatic N) is 3. The fourth-order valence-corrected chi connectivity index (χ4v) is 2.55. The lowest BCUT2D eigenvalue weighted by molar-refractivity contribution is 0.0707. The highest BCUT2D eigenvalue weighted by atomic mass is 79.9. The standard InChI is InChI=1S/C13H12BrN3O/c14-11-3-1-2-10(8-11)13(18)17-7-6-16-5-4-15-12(16)9-17/h1-5,8H,6-7,9H2. The smallest absolute Gasteiger partial charge is 0.254 e. The van der Waals surface area contributed by atoms with Crippen molar-refractivity contribution in [3.8, 4) is 0 Å². The molecule has 0 spiro atoms. The molecular weight excluding hydrogens is 294 g/mol. The topological polar surface area (TPSA) is 38.1 Å². The molecule has 1 aromatic carbocycles. The molecule has 1 aliphatic heterocycles. The zero-order valence-corrected chi connectivity index (χ0v) is 11.3. The molecule has 0 atom stereocenters. The number of amides is 1. The summed E-state index contributed by atoms with van der Waals surface area (Å²) in [5.41, 5.74) is 0.712. The highest BCUT2D eigenvalue weighted by molar-refractivity contribution is 9.10. The zero-order valence-electron chi connectivity index (χ0n) is 9.71. The Morgan fingerprint density at radius 2 is 2.22 bits per heavy atom. The van der Waals surface area contributed by atoms with Crippen LogP contribution >= 0.6 is 15.9 Å². The van der Waals surface area contributed by atoms with Crippen LogP contribution in [0.25, 0.3) is 0 Å². The van der Waals surface area contributed by atoms with Crippen molar-refractivity contribution in [2.75, 3.05) is 6.54 Å². The molecule has 0 N–H and O–H groups in total. The number of aromatic nitrogens is 2. The van der Waals surface area contributed by atoms with Crippen LogP contribution in [0, 0.1) is 0 Å². The van der Waals surface area contributed by atoms with Crippen LogP contribution in [0.1, 0.15) is 16.2 Å². The Kier molecular flexibility index (Phi) is 2.91. The largest absolute Gasteiger partial charge is 0.332 e. The van der Waals surface area contributed by atoms with E-state index in [4.69, 9.17) is 0 Å². The Labute approximate surface area is 113 Å². The summed E-state index contributed by atoms with van der Waals surface area (Å²) in [6, 6.07) is 7.49. The molecule has 0 radical (unpaired) electrons. The van der Waals surface area contributed by atoms with E-state index in [1.807, 2.05) is 35.4 Å². The van der Waals surface area contributed by atoms with Gasteiger partial charge in [0.05, 0.1) is 6.54 Å². The molecule has 3 rings (SSSR count). The molecular formula is C13H12BrN3O. The Hall–Kier alpha value is -1.62. The van der Waals surface area contributed by atoms with Gasteiger partial charge in [0.25, 0.3) is 5.91 Å². The van der Waals surface area contributed by atoms with Crippen LogP contribution in [0.2, 0.25) is 0 Å². The van der Waals surface area contributed by atoms with Crippen LogP contribution < -0.4 is 0 Å². The molecule has 1 aliphatic rings. The van der Waals surface area contributed by atoms with Gasteiger partial charge in [0, 0.05) is 35.5 Å². The van der Waals surface area contributed by atoms with E-state index in [2.05, 4.69) is 25.5 Å². The second-order valence-electron chi connectivity index (χ2n) is 4.27. The third-order valence-electron chi connectivity index (χ3n) is 3.10. The van der Waals surface area contributed by atoms with Gasteiger partial charge in [0.2, 0.25) is 0 Å². The normalized spacial score (nSPS) is 14.4. The first kappa shape index (κ1) is 11.5. The number of benzene rings is 1. The SMILES string of the molecule is O=C(c1cccc(Br)c1)N1CCn2ccnc2C1. The van der Waals surface area contributed by atoms with E-state index >= 15 is 0 Å². The van der Waals surface area contributed by atoms with E-state index in [-0.39, 0.29) is 5.91 Å². The van der Waals surface area contributed by atoms with Crippen molar-refractivity contribution in [1.29, 1.82) is 0 Å². The number of carbonyl (C=O) groups is 1. The van der Waals surface area contributed by atoms with E-state index < -0.39 is 0 Å². The summed E-state index contributed by atoms with van der Waals surface area (Å²) in [5, 5.41) is 0. The van der Waals surface area contributed by atoms with Gasteiger partial charge in [-0.15, -0.1) is 0 Å². The molecule has 18 heavy (non-hydrogen) atoms. The average Bonchev–Trinajstić information content (AvgIpc) is 2.85. The van der Waals surface area contributed by atoms with E-state index in [1.54, 1.807) is 6.20 Å². The molecule has 0 aliphatic carbocycles. The summed E-state index contributed by atoms with van der Waals surface area (Å²) in [5.74, 6) is 1.01. The molecule has 0 saturated carbocycles. The number of halogens is 1. The maximum Gasteiger partial charge on any atom is 0.254 e. The van der Waals surface area contributed by atoms with Crippen molar-refractivity contribution in [2.24, 2.45) is 0 Å². The Morgan fingerprint density at radius 1 is 1.33 bits per heavy atom. The fraction of sp³-hybridized carbons (Fsp3) is 0.231. The molecule has 0 unspecified atom stereocenters. The monoisotopic (exact) mass is 305 g/mol. The maximum atomic E-state index is 12.4. The van der Waals surface area contributed by atoms with Crippen LogP contribution in [0.15, 0.2) is 41.1 Å². The van der Waals surface area contributed by atoms with Crippen molar-refractivity contribution in [3.63, 3.8) is 0 Å². The van der Waals surface area contributed by atoms with E-state index in [0.29, 0.717) is 12.1 Å². The third kappa shape index (κ3) is 2.06. The predicted octanol–water partition coefficient (Wildman–Crippen LogP) is 2.30. The Morgan fingerprint density at radius 3 is 3.06 bits per heavy atom. The Bertz CT molecular complexity index is 593. The van der Waals surface area contributed by atoms with Crippen molar-refractivity contribution >= 4 is 21.8 Å². The van der Waals surface area contributed by atoms with Crippen molar-refractivity contribution < 1.29 is 4.79 Å². The molecule has 2 aromatic rings. The quantitative estimate of drug-likeness (QED) is 0.811. The number of hydrogen-bond acceptors (Lipinski definition) is 2. The minimum Gasteiger partial charge on any atom is -0.332 e. The summed E-state index contributed by atoms with van der Waals surface area (Å²) >= 11 is 3.39. The third-order valence-corrected chi connectivity index (χ3v) is 3.60. The molecule has 4 nitrogen and oxygen atoms in total. The molecule has 92 valence electrons. The van der Waals surface area contributed by atoms with Crippen LogP contribution in [0.4, 0.5) is 0 Å². The lowest BCUT2D eigenvalue weighted by Crippen LogP contribution is -2.38. The molecule has 0 bridgehead atoms. The van der Waals surface area contributed by atoms with Crippen molar-refractivity contribution in [3.05, 3.63) is 52.5 Å². The number of imidazole rings is 1. The minimum atomic E-state index is 0.0607. The van der Waals surface area contributed by atoms with Crippen LogP contribution in [-0.2, 0) is 13.1 Å². The number of fused-ring (bicyclic) bond motifs is 1. The molecule has 0 saturated heterocycles. The molecule has 1 amide bonds. The van der Waals surface area contributed by atoms with Crippen molar-refractivity contribution in [1.82, 2.24) is 14.5 Å². The number of rotatable bonds is 1. The summed E-state index contributed by atoms with van der Waals surface area (Å²) in [4.78, 5) is 18.4. The molecule has 1 aromatic heterocycles. The van der Waals surface area contributed by atoms with Crippen LogP contribution in [-0.4, -0.2) is 26.9 Å². The highest BCUT2D eigenvalue weighted by Crippen LogP contribution is 2.17. The van der Waals surface area contributed by atoms with E-state index in [1.165, 1.54) is 0 Å². The first-order valence-corrected chi connectivity index (χ1v) is 6.58. The molecule has 5 heteroatoms. The van der Waals surface area contributed by atoms with Crippen LogP contribution in [0.3, 0.4) is 0 Å². The summed E-state index contributed by atoms with van der Waals surface area (Å²) in [6.45, 7) is 2.13. The van der Waals surface area contributed by atoms with E-state index in [0.717, 1.165) is 23.4 Å². The van der Waals surface area contributed by atoms with E-state index in [9.17, 15) is 4.79 Å². The lowest BCUT2D eigenvalue weighted by atomic mass is 10.2. The molecule has 2 heterocycles. The fourth-order valence-electron chi connectivity index (χ4n) is 2.15. The second-order valence-corrected chi connectivity index (χ2v) is 5.19. The highest BCUT2D eigenvalue weighted by Gasteiger charge is 2.22. The number of hydrogen-bond donors (Lipinski definition) is 0. The van der Waals surface area contributed by atoms with Gasteiger partial charge < -0.3 is 9.47 Å². The molecule has 0 fully saturated rings. The van der Waals surface area contributed by atoms with Gasteiger partial charge in [0.1, 0.15) is 5.82 Å². The number of carbonyl (C=O) groups excluding carboxylic acids is 1. The predicted molar refractivity (Wildman–Crippen MR) is 71.1 cm³/mol. The maximum absolute atomic E-state index is 12.4. The minimum absolute atomic E-state index is 0.0607. The van der Waals surface area contributed by atoms with Gasteiger partial charge >= 0.3 is 0 Å². The average molecular weight is 306 g/mol. The Balaban J connectivity index is 1.83. The van der Waals surface area contributed by atoms with Gasteiger partial charge in [-0.2, -0.15) is 0 Å². The zero-order chi connectivity index (χ0) is 12.5. The first-order valence-electron chi connectivity index (χ1n) is 5.79.